The van der Waals surface area contributed by atoms with Crippen LogP contribution < -0.4 is 0 Å². The summed E-state index contributed by atoms with van der Waals surface area (Å²) in [7, 11) is 0. The van der Waals surface area contributed by atoms with Crippen molar-refractivity contribution >= 4 is 0 Å². The van der Waals surface area contributed by atoms with Crippen LogP contribution in [-0.4, -0.2) is 0 Å². The molecule has 1 aromatic carbocycles. The van der Waals surface area contributed by atoms with Gasteiger partial charge in [0.25, 0.3) is 0 Å². The van der Waals surface area contributed by atoms with Gasteiger partial charge in [0.2, 0.25) is 0 Å². The van der Waals surface area contributed by atoms with Gasteiger partial charge in [-0.1, -0.05) is 76.0 Å². The highest BCUT2D eigenvalue weighted by Crippen LogP contribution is 2.42. The molecule has 0 N–H and O–H groups in total. The van der Waals surface area contributed by atoms with Crippen LogP contribution in [0.3, 0.4) is 0 Å². The highest BCUT2D eigenvalue weighted by atomic mass is 14.4. The topological polar surface area (TPSA) is 0 Å². The Morgan fingerprint density at radius 3 is 1.94 bits per heavy atom. The molecule has 0 heterocycles. The van der Waals surface area contributed by atoms with Gasteiger partial charge in [-0.25, -0.2) is 0 Å². The summed E-state index contributed by atoms with van der Waals surface area (Å²) in [6.07, 6.45) is 26.0. The van der Waals surface area contributed by atoms with Crippen LogP contribution in [0.15, 0.2) is 36.4 Å². The fourth-order valence-electron chi connectivity index (χ4n) is 7.22. The molecule has 180 valence electrons. The van der Waals surface area contributed by atoms with E-state index in [1.54, 1.807) is 0 Å². The summed E-state index contributed by atoms with van der Waals surface area (Å²) < 4.78 is 0. The minimum Gasteiger partial charge on any atom is -0.0730 e. The van der Waals surface area contributed by atoms with Gasteiger partial charge in [-0.2, -0.15) is 0 Å². The number of hydrogen-bond donors (Lipinski definition) is 0. The van der Waals surface area contributed by atoms with Gasteiger partial charge in [0.15, 0.2) is 0 Å². The second-order valence-corrected chi connectivity index (χ2v) is 11.6. The maximum Gasteiger partial charge on any atom is 0.0249 e. The van der Waals surface area contributed by atoms with E-state index in [1.807, 2.05) is 0 Å². The van der Waals surface area contributed by atoms with Crippen molar-refractivity contribution in [2.75, 3.05) is 0 Å². The van der Waals surface area contributed by atoms with Gasteiger partial charge in [0.1, 0.15) is 0 Å². The molecule has 4 rings (SSSR count). The van der Waals surface area contributed by atoms with Crippen molar-refractivity contribution in [2.45, 2.75) is 116 Å². The summed E-state index contributed by atoms with van der Waals surface area (Å²) in [5, 5.41) is 0. The Balaban J connectivity index is 1.18. The van der Waals surface area contributed by atoms with E-state index < -0.39 is 0 Å². The van der Waals surface area contributed by atoms with Crippen molar-refractivity contribution in [1.29, 1.82) is 0 Å². The van der Waals surface area contributed by atoms with E-state index in [2.05, 4.69) is 62.1 Å². The van der Waals surface area contributed by atoms with Crippen molar-refractivity contribution in [3.8, 4) is 11.8 Å². The quantitative estimate of drug-likeness (QED) is 0.383. The Kier molecular flexibility index (Phi) is 9.58. The first-order chi connectivity index (χ1) is 16.2. The highest BCUT2D eigenvalue weighted by molar-refractivity contribution is 5.39. The summed E-state index contributed by atoms with van der Waals surface area (Å²) in [5.41, 5.74) is 2.69. The molecule has 0 bridgehead atoms. The molecular formula is C33H48. The lowest BCUT2D eigenvalue weighted by atomic mass is 9.69. The van der Waals surface area contributed by atoms with Gasteiger partial charge in [0, 0.05) is 5.56 Å². The summed E-state index contributed by atoms with van der Waals surface area (Å²) in [4.78, 5) is 0. The Morgan fingerprint density at radius 1 is 0.727 bits per heavy atom. The Hall–Kier alpha value is -1.48. The summed E-state index contributed by atoms with van der Waals surface area (Å²) >= 11 is 0. The van der Waals surface area contributed by atoms with Crippen LogP contribution in [-0.2, 0) is 0 Å². The lowest BCUT2D eigenvalue weighted by Crippen LogP contribution is -2.25. The summed E-state index contributed by atoms with van der Waals surface area (Å²) in [6, 6.07) is 9.15. The molecule has 0 radical (unpaired) electrons. The molecule has 3 aliphatic carbocycles. The van der Waals surface area contributed by atoms with E-state index in [0.29, 0.717) is 0 Å². The lowest BCUT2D eigenvalue weighted by Gasteiger charge is -2.37. The smallest absolute Gasteiger partial charge is 0.0249 e. The molecule has 1 aromatic rings. The van der Waals surface area contributed by atoms with E-state index in [4.69, 9.17) is 0 Å². The molecule has 3 fully saturated rings. The summed E-state index contributed by atoms with van der Waals surface area (Å²) in [6.45, 7) is 4.69. The SMILES string of the molecule is CCC[C@H]1CC[C@H]([C@H]2CC[C@H](C=CC#Cc3ccc([C@H]4CC[C@H](CC)CC4)cc3)CC2)CC1. The van der Waals surface area contributed by atoms with Gasteiger partial charge in [-0.3, -0.25) is 0 Å². The fourth-order valence-corrected chi connectivity index (χ4v) is 7.22. The molecule has 0 nitrogen and oxygen atoms in total. The molecule has 0 aromatic heterocycles. The third-order valence-electron chi connectivity index (χ3n) is 9.55. The standard InChI is InChI=1S/C33H48/c1-3-7-27-12-20-31(21-13-27)33-24-16-29(17-25-33)9-6-5-8-28-14-22-32(23-15-28)30-18-10-26(4-2)11-19-30/h6,9,14-15,22-23,26-27,29-31,33H,3-4,7,10-13,16-21,24-25H2,1-2H3/t26-,27-,29-,30-,31-,33-. The Labute approximate surface area is 205 Å². The lowest BCUT2D eigenvalue weighted by molar-refractivity contribution is 0.152. The first-order valence-corrected chi connectivity index (χ1v) is 14.5. The zero-order valence-electron chi connectivity index (χ0n) is 21.5. The first kappa shape index (κ1) is 24.6. The first-order valence-electron chi connectivity index (χ1n) is 14.5. The third kappa shape index (κ3) is 7.25. The van der Waals surface area contributed by atoms with Crippen molar-refractivity contribution in [1.82, 2.24) is 0 Å². The average Bonchev–Trinajstić information content (AvgIpc) is 2.88. The van der Waals surface area contributed by atoms with E-state index in [0.717, 1.165) is 41.1 Å². The Bertz CT molecular complexity index is 764. The molecule has 33 heavy (non-hydrogen) atoms. The van der Waals surface area contributed by atoms with Crippen molar-refractivity contribution < 1.29 is 0 Å². The molecule has 3 saturated carbocycles. The minimum atomic E-state index is 0.757. The Morgan fingerprint density at radius 2 is 1.33 bits per heavy atom. The van der Waals surface area contributed by atoms with Crippen molar-refractivity contribution in [2.24, 2.45) is 29.6 Å². The molecule has 0 aliphatic heterocycles. The monoisotopic (exact) mass is 444 g/mol. The zero-order chi connectivity index (χ0) is 22.9. The summed E-state index contributed by atoms with van der Waals surface area (Å²) in [5.74, 6) is 12.3. The van der Waals surface area contributed by atoms with Gasteiger partial charge >= 0.3 is 0 Å². The van der Waals surface area contributed by atoms with Crippen LogP contribution in [0.4, 0.5) is 0 Å². The van der Waals surface area contributed by atoms with Crippen LogP contribution in [0.2, 0.25) is 0 Å². The molecule has 0 heteroatoms. The van der Waals surface area contributed by atoms with Crippen LogP contribution in [0.25, 0.3) is 0 Å². The highest BCUT2D eigenvalue weighted by Gasteiger charge is 2.30. The second kappa shape index (κ2) is 12.8. The van der Waals surface area contributed by atoms with Crippen LogP contribution in [0, 0.1) is 41.4 Å². The normalized spacial score (nSPS) is 32.9. The van der Waals surface area contributed by atoms with E-state index >= 15 is 0 Å². The van der Waals surface area contributed by atoms with Crippen LogP contribution in [0.5, 0.6) is 0 Å². The van der Waals surface area contributed by atoms with E-state index in [-0.39, 0.29) is 0 Å². The van der Waals surface area contributed by atoms with E-state index in [1.165, 1.54) is 102 Å². The van der Waals surface area contributed by atoms with Crippen LogP contribution in [0.1, 0.15) is 127 Å². The third-order valence-corrected chi connectivity index (χ3v) is 9.55. The van der Waals surface area contributed by atoms with Crippen molar-refractivity contribution in [3.05, 3.63) is 47.5 Å². The van der Waals surface area contributed by atoms with Gasteiger partial charge in [-0.15, -0.1) is 0 Å². The maximum absolute atomic E-state index is 3.37. The zero-order valence-corrected chi connectivity index (χ0v) is 21.5. The molecule has 0 saturated heterocycles. The molecule has 3 aliphatic rings. The van der Waals surface area contributed by atoms with Gasteiger partial charge < -0.3 is 0 Å². The average molecular weight is 445 g/mol. The predicted octanol–water partition coefficient (Wildman–Crippen LogP) is 9.69. The number of hydrogen-bond acceptors (Lipinski definition) is 0. The van der Waals surface area contributed by atoms with Crippen LogP contribution >= 0.6 is 0 Å². The molecule has 0 spiro atoms. The molecule has 0 amide bonds. The maximum atomic E-state index is 3.37. The number of allylic oxidation sites excluding steroid dienone is 2. The predicted molar refractivity (Wildman–Crippen MR) is 143 cm³/mol. The minimum absolute atomic E-state index is 0.757. The van der Waals surface area contributed by atoms with Crippen molar-refractivity contribution in [3.63, 3.8) is 0 Å². The molecule has 0 unspecified atom stereocenters. The largest absolute Gasteiger partial charge is 0.0730 e. The number of rotatable bonds is 6. The van der Waals surface area contributed by atoms with Gasteiger partial charge in [-0.05, 0) is 123 Å². The fraction of sp³-hybridized carbons (Fsp3) is 0.697. The molecule has 0 atom stereocenters. The number of benzene rings is 1. The van der Waals surface area contributed by atoms with E-state index in [9.17, 15) is 0 Å². The van der Waals surface area contributed by atoms with Gasteiger partial charge in [0.05, 0.1) is 0 Å². The molecular weight excluding hydrogens is 396 g/mol. The second-order valence-electron chi connectivity index (χ2n) is 11.6.